The number of nitrogens with two attached hydrogens (primary N) is 1. The Bertz CT molecular complexity index is 524. The van der Waals surface area contributed by atoms with Crippen molar-refractivity contribution in [2.24, 2.45) is 11.1 Å². The lowest BCUT2D eigenvalue weighted by Crippen LogP contribution is -2.15. The predicted molar refractivity (Wildman–Crippen MR) is 91.7 cm³/mol. The Labute approximate surface area is 137 Å². The Kier molecular flexibility index (Phi) is 9.17. The summed E-state index contributed by atoms with van der Waals surface area (Å²) in [5.74, 6) is -0.267. The van der Waals surface area contributed by atoms with Gasteiger partial charge in [0.2, 0.25) is 0 Å². The van der Waals surface area contributed by atoms with Gasteiger partial charge in [0.05, 0.1) is 11.7 Å². The summed E-state index contributed by atoms with van der Waals surface area (Å²) in [6, 6.07) is 1.62. The minimum Gasteiger partial charge on any atom is -0.396 e. The zero-order chi connectivity index (χ0) is 17.2. The summed E-state index contributed by atoms with van der Waals surface area (Å²) in [7, 11) is 0. The number of hydrogen-bond acceptors (Lipinski definition) is 4. The third kappa shape index (κ3) is 9.99. The Hall–Kier alpha value is -1.82. The van der Waals surface area contributed by atoms with Crippen molar-refractivity contribution in [3.8, 4) is 0 Å². The van der Waals surface area contributed by atoms with Gasteiger partial charge in [-0.2, -0.15) is 0 Å². The summed E-state index contributed by atoms with van der Waals surface area (Å²) in [6.45, 7) is 8.22. The standard InChI is InChI=1S/C15H21FN2O.CH3NS/c1-11(7-13(19)8-15(2,3)4)18-9-12-5-6-17-10-14(12)16;2-1-3/h5-7,10,18H,8-9H2,1-4H3;1H,(H2,2,3). The van der Waals surface area contributed by atoms with E-state index < -0.39 is 0 Å². The first-order chi connectivity index (χ1) is 10.2. The molecule has 6 heteroatoms. The molecule has 0 unspecified atom stereocenters. The van der Waals surface area contributed by atoms with Crippen LogP contribution in [0.15, 0.2) is 30.2 Å². The third-order valence-electron chi connectivity index (χ3n) is 2.50. The fourth-order valence-electron chi connectivity index (χ4n) is 1.65. The molecule has 0 aliphatic carbocycles. The Morgan fingerprint density at radius 1 is 1.50 bits per heavy atom. The first kappa shape index (κ1) is 20.2. The van der Waals surface area contributed by atoms with E-state index in [-0.39, 0.29) is 17.0 Å². The molecule has 1 aromatic heterocycles. The Morgan fingerprint density at radius 2 is 2.09 bits per heavy atom. The van der Waals surface area contributed by atoms with Gasteiger partial charge in [0.1, 0.15) is 5.82 Å². The van der Waals surface area contributed by atoms with E-state index in [1.807, 2.05) is 20.8 Å². The molecule has 0 aliphatic rings. The lowest BCUT2D eigenvalue weighted by atomic mass is 9.90. The molecule has 0 aromatic carbocycles. The number of hydrogen-bond donors (Lipinski definition) is 2. The van der Waals surface area contributed by atoms with E-state index in [1.54, 1.807) is 25.3 Å². The van der Waals surface area contributed by atoms with Crippen molar-refractivity contribution in [2.45, 2.75) is 40.7 Å². The molecular weight excluding hydrogens is 301 g/mol. The van der Waals surface area contributed by atoms with Crippen LogP contribution in [0.3, 0.4) is 0 Å². The fraction of sp³-hybridized carbons (Fsp3) is 0.438. The van der Waals surface area contributed by atoms with Crippen molar-refractivity contribution in [1.29, 1.82) is 0 Å². The van der Waals surface area contributed by atoms with Crippen molar-refractivity contribution < 1.29 is 9.18 Å². The number of allylic oxidation sites excluding steroid dienone is 2. The average Bonchev–Trinajstić information content (AvgIpc) is 2.36. The van der Waals surface area contributed by atoms with Crippen molar-refractivity contribution >= 4 is 23.5 Å². The van der Waals surface area contributed by atoms with Gasteiger partial charge in [-0.3, -0.25) is 9.78 Å². The molecule has 4 nitrogen and oxygen atoms in total. The van der Waals surface area contributed by atoms with Crippen LogP contribution in [-0.2, 0) is 11.3 Å². The predicted octanol–water partition coefficient (Wildman–Crippen LogP) is 3.12. The second-order valence-corrected chi connectivity index (χ2v) is 6.26. The first-order valence-corrected chi connectivity index (χ1v) is 7.35. The number of pyridine rings is 1. The summed E-state index contributed by atoms with van der Waals surface area (Å²) >= 11 is 4.05. The smallest absolute Gasteiger partial charge is 0.157 e. The number of ketones is 1. The van der Waals surface area contributed by atoms with Gasteiger partial charge in [-0.05, 0) is 24.5 Å². The molecule has 0 saturated heterocycles. The molecule has 122 valence electrons. The van der Waals surface area contributed by atoms with Gasteiger partial charge in [0.25, 0.3) is 0 Å². The highest BCUT2D eigenvalue weighted by atomic mass is 32.1. The van der Waals surface area contributed by atoms with E-state index in [2.05, 4.69) is 28.3 Å². The summed E-state index contributed by atoms with van der Waals surface area (Å²) in [4.78, 5) is 15.4. The van der Waals surface area contributed by atoms with Crippen LogP contribution < -0.4 is 11.1 Å². The normalized spacial score (nSPS) is 11.2. The number of halogens is 1. The maximum Gasteiger partial charge on any atom is 0.157 e. The Morgan fingerprint density at radius 3 is 2.59 bits per heavy atom. The minimum atomic E-state index is -0.344. The largest absolute Gasteiger partial charge is 0.396 e. The van der Waals surface area contributed by atoms with E-state index in [4.69, 9.17) is 0 Å². The van der Waals surface area contributed by atoms with Crippen LogP contribution in [-0.4, -0.2) is 16.3 Å². The number of rotatable bonds is 5. The van der Waals surface area contributed by atoms with E-state index in [9.17, 15) is 9.18 Å². The molecule has 0 fully saturated rings. The minimum absolute atomic E-state index is 0.0227. The molecule has 0 radical (unpaired) electrons. The number of nitrogens with one attached hydrogen (secondary N) is 1. The number of carbonyl (C=O) groups excluding carboxylic acids is 1. The molecule has 0 bridgehead atoms. The Balaban J connectivity index is 0.00000135. The van der Waals surface area contributed by atoms with Gasteiger partial charge in [-0.1, -0.05) is 33.0 Å². The zero-order valence-electron chi connectivity index (χ0n) is 13.5. The lowest BCUT2D eigenvalue weighted by molar-refractivity contribution is -0.116. The molecular formula is C16H24FN3OS. The van der Waals surface area contributed by atoms with E-state index in [0.29, 0.717) is 18.5 Å². The summed E-state index contributed by atoms with van der Waals surface area (Å²) in [5, 5.41) is 3.03. The molecule has 0 saturated carbocycles. The van der Waals surface area contributed by atoms with Crippen molar-refractivity contribution in [3.05, 3.63) is 41.6 Å². The number of nitrogens with zero attached hydrogens (tertiary/aromatic N) is 1. The maximum atomic E-state index is 13.3. The zero-order valence-corrected chi connectivity index (χ0v) is 14.3. The van der Waals surface area contributed by atoms with Gasteiger partial charge in [-0.15, -0.1) is 0 Å². The lowest BCUT2D eigenvalue weighted by Gasteiger charge is -2.15. The summed E-state index contributed by atoms with van der Waals surface area (Å²) < 4.78 is 13.3. The number of aromatic nitrogens is 1. The van der Waals surface area contributed by atoms with Gasteiger partial charge < -0.3 is 11.1 Å². The fourth-order valence-corrected chi connectivity index (χ4v) is 1.65. The highest BCUT2D eigenvalue weighted by molar-refractivity contribution is 7.78. The molecule has 22 heavy (non-hydrogen) atoms. The summed E-state index contributed by atoms with van der Waals surface area (Å²) in [6.07, 6.45) is 4.80. The third-order valence-corrected chi connectivity index (χ3v) is 2.50. The monoisotopic (exact) mass is 325 g/mol. The van der Waals surface area contributed by atoms with Crippen molar-refractivity contribution in [1.82, 2.24) is 10.3 Å². The quantitative estimate of drug-likeness (QED) is 0.643. The van der Waals surface area contributed by atoms with Crippen LogP contribution in [0.5, 0.6) is 0 Å². The van der Waals surface area contributed by atoms with Crippen LogP contribution in [0.4, 0.5) is 4.39 Å². The van der Waals surface area contributed by atoms with Crippen molar-refractivity contribution in [3.63, 3.8) is 0 Å². The number of thiocarbonyl (C=S) groups is 1. The highest BCUT2D eigenvalue weighted by Crippen LogP contribution is 2.19. The topological polar surface area (TPSA) is 68.0 Å². The second-order valence-electron chi connectivity index (χ2n) is 5.99. The SMILES string of the molecule is CC(=CC(=O)CC(C)(C)C)NCc1ccncc1F.NC=S. The number of carbonyl (C=O) groups is 1. The van der Waals surface area contributed by atoms with Crippen LogP contribution in [0.2, 0.25) is 0 Å². The molecule has 0 amide bonds. The van der Waals surface area contributed by atoms with Crippen LogP contribution >= 0.6 is 12.2 Å². The van der Waals surface area contributed by atoms with E-state index in [1.165, 1.54) is 6.20 Å². The highest BCUT2D eigenvalue weighted by Gasteiger charge is 2.14. The van der Waals surface area contributed by atoms with Crippen LogP contribution in [0.25, 0.3) is 0 Å². The summed E-state index contributed by atoms with van der Waals surface area (Å²) in [5.41, 5.74) is 6.87. The second kappa shape index (κ2) is 10.00. The van der Waals surface area contributed by atoms with Gasteiger partial charge in [0, 0.05) is 30.4 Å². The molecule has 1 rings (SSSR count). The van der Waals surface area contributed by atoms with Crippen molar-refractivity contribution in [2.75, 3.05) is 0 Å². The average molecular weight is 325 g/mol. The molecule has 3 N–H and O–H groups in total. The van der Waals surface area contributed by atoms with Gasteiger partial charge in [-0.25, -0.2) is 4.39 Å². The molecule has 0 spiro atoms. The molecule has 1 aromatic rings. The molecule has 1 heterocycles. The molecule has 0 aliphatic heterocycles. The van der Waals surface area contributed by atoms with E-state index in [0.717, 1.165) is 11.2 Å². The maximum absolute atomic E-state index is 13.3. The van der Waals surface area contributed by atoms with Gasteiger partial charge in [0.15, 0.2) is 5.78 Å². The van der Waals surface area contributed by atoms with Gasteiger partial charge >= 0.3 is 0 Å². The van der Waals surface area contributed by atoms with Crippen LogP contribution in [0, 0.1) is 11.2 Å². The van der Waals surface area contributed by atoms with E-state index >= 15 is 0 Å². The first-order valence-electron chi connectivity index (χ1n) is 6.88. The van der Waals surface area contributed by atoms with Crippen LogP contribution in [0.1, 0.15) is 39.7 Å². The molecule has 0 atom stereocenters.